The van der Waals surface area contributed by atoms with Gasteiger partial charge in [0.05, 0.1) is 18.8 Å². The van der Waals surface area contributed by atoms with E-state index in [1.165, 1.54) is 10.5 Å². The maximum Gasteiger partial charge on any atom is 0.272 e. The molecule has 0 bridgehead atoms. The van der Waals surface area contributed by atoms with Crippen molar-refractivity contribution in [3.8, 4) is 11.4 Å². The molecule has 0 spiro atoms. The number of nitrogens with one attached hydrogen (secondary N) is 1. The minimum Gasteiger partial charge on any atom is -0.497 e. The van der Waals surface area contributed by atoms with Gasteiger partial charge in [-0.1, -0.05) is 18.2 Å². The van der Waals surface area contributed by atoms with Crippen LogP contribution in [0.5, 0.6) is 5.75 Å². The third-order valence-electron chi connectivity index (χ3n) is 4.42. The largest absolute Gasteiger partial charge is 0.497 e. The van der Waals surface area contributed by atoms with Crippen LogP contribution in [0.4, 0.5) is 0 Å². The third kappa shape index (κ3) is 3.32. The normalized spacial score (nSPS) is 16.0. The average molecular weight is 365 g/mol. The highest BCUT2D eigenvalue weighted by Gasteiger charge is 2.23. The lowest BCUT2D eigenvalue weighted by molar-refractivity contribution is 0.0929. The van der Waals surface area contributed by atoms with Crippen molar-refractivity contribution in [2.24, 2.45) is 0 Å². The highest BCUT2D eigenvalue weighted by molar-refractivity contribution is 7.99. The fourth-order valence-corrected chi connectivity index (χ4v) is 4.17. The van der Waals surface area contributed by atoms with Gasteiger partial charge in [0.25, 0.3) is 5.91 Å². The summed E-state index contributed by atoms with van der Waals surface area (Å²) in [6, 6.07) is 17.6. The molecule has 2 heterocycles. The Morgan fingerprint density at radius 1 is 1.19 bits per heavy atom. The van der Waals surface area contributed by atoms with Gasteiger partial charge in [-0.25, -0.2) is 4.68 Å². The molecule has 5 nitrogen and oxygen atoms in total. The zero-order valence-electron chi connectivity index (χ0n) is 14.4. The quantitative estimate of drug-likeness (QED) is 0.763. The number of hydrogen-bond acceptors (Lipinski definition) is 4. The van der Waals surface area contributed by atoms with E-state index < -0.39 is 0 Å². The van der Waals surface area contributed by atoms with E-state index in [1.54, 1.807) is 24.1 Å². The monoisotopic (exact) mass is 365 g/mol. The van der Waals surface area contributed by atoms with Crippen LogP contribution in [0.3, 0.4) is 0 Å². The number of ether oxygens (including phenoxy) is 1. The van der Waals surface area contributed by atoms with Gasteiger partial charge < -0.3 is 10.1 Å². The average Bonchev–Trinajstić information content (AvgIpc) is 3.19. The Morgan fingerprint density at radius 2 is 2.00 bits per heavy atom. The van der Waals surface area contributed by atoms with Crippen LogP contribution in [-0.4, -0.2) is 28.6 Å². The first-order valence-corrected chi connectivity index (χ1v) is 9.46. The van der Waals surface area contributed by atoms with Crippen LogP contribution in [-0.2, 0) is 0 Å². The van der Waals surface area contributed by atoms with Crippen molar-refractivity contribution in [1.29, 1.82) is 0 Å². The SMILES string of the molecule is COc1ccc(-n2ccc(C(=O)N[C@@H]3CCSc4ccccc43)n2)cc1. The summed E-state index contributed by atoms with van der Waals surface area (Å²) >= 11 is 1.84. The fourth-order valence-electron chi connectivity index (χ4n) is 3.05. The van der Waals surface area contributed by atoms with E-state index in [2.05, 4.69) is 22.5 Å². The first kappa shape index (κ1) is 16.7. The molecule has 0 radical (unpaired) electrons. The van der Waals surface area contributed by atoms with Crippen LogP contribution < -0.4 is 10.1 Å². The summed E-state index contributed by atoms with van der Waals surface area (Å²) in [5.74, 6) is 1.64. The molecule has 3 aromatic rings. The zero-order valence-corrected chi connectivity index (χ0v) is 15.2. The van der Waals surface area contributed by atoms with E-state index in [9.17, 15) is 4.79 Å². The van der Waals surface area contributed by atoms with Gasteiger partial charge in [0.15, 0.2) is 5.69 Å². The van der Waals surface area contributed by atoms with E-state index in [-0.39, 0.29) is 11.9 Å². The fraction of sp³-hybridized carbons (Fsp3) is 0.200. The van der Waals surface area contributed by atoms with Gasteiger partial charge in [-0.05, 0) is 48.4 Å². The molecule has 0 aliphatic carbocycles. The molecule has 1 aromatic heterocycles. The number of hydrogen-bond donors (Lipinski definition) is 1. The van der Waals surface area contributed by atoms with Crippen molar-refractivity contribution >= 4 is 17.7 Å². The molecule has 0 saturated heterocycles. The number of carbonyl (C=O) groups is 1. The van der Waals surface area contributed by atoms with Crippen molar-refractivity contribution in [3.05, 3.63) is 72.1 Å². The highest BCUT2D eigenvalue weighted by atomic mass is 32.2. The van der Waals surface area contributed by atoms with E-state index in [4.69, 9.17) is 4.74 Å². The van der Waals surface area contributed by atoms with E-state index >= 15 is 0 Å². The highest BCUT2D eigenvalue weighted by Crippen LogP contribution is 2.35. The van der Waals surface area contributed by atoms with Crippen LogP contribution in [0.2, 0.25) is 0 Å². The number of amides is 1. The summed E-state index contributed by atoms with van der Waals surface area (Å²) in [6.45, 7) is 0. The number of thioether (sulfide) groups is 1. The predicted molar refractivity (Wildman–Crippen MR) is 102 cm³/mol. The topological polar surface area (TPSA) is 56.1 Å². The molecule has 4 rings (SSSR count). The molecular weight excluding hydrogens is 346 g/mol. The van der Waals surface area contributed by atoms with Gasteiger partial charge in [-0.15, -0.1) is 11.8 Å². The standard InChI is InChI=1S/C20H19N3O2S/c1-25-15-8-6-14(7-9-15)23-12-10-18(22-23)20(24)21-17-11-13-26-19-5-3-2-4-16(17)19/h2-10,12,17H,11,13H2,1H3,(H,21,24)/t17-/m1/s1. The molecule has 1 atom stereocenters. The second-order valence-electron chi connectivity index (χ2n) is 6.04. The number of fused-ring (bicyclic) bond motifs is 1. The minimum atomic E-state index is -0.149. The Balaban J connectivity index is 1.50. The van der Waals surface area contributed by atoms with Crippen LogP contribution >= 0.6 is 11.8 Å². The van der Waals surface area contributed by atoms with Crippen molar-refractivity contribution in [2.45, 2.75) is 17.4 Å². The summed E-state index contributed by atoms with van der Waals surface area (Å²) < 4.78 is 6.86. The van der Waals surface area contributed by atoms with Gasteiger partial charge >= 0.3 is 0 Å². The van der Waals surface area contributed by atoms with Gasteiger partial charge in [-0.3, -0.25) is 4.79 Å². The Labute approximate surface area is 156 Å². The molecule has 1 N–H and O–H groups in total. The summed E-state index contributed by atoms with van der Waals surface area (Å²) in [7, 11) is 1.63. The number of carbonyl (C=O) groups excluding carboxylic acids is 1. The predicted octanol–water partition coefficient (Wildman–Crippen LogP) is 3.85. The van der Waals surface area contributed by atoms with E-state index in [0.29, 0.717) is 5.69 Å². The molecule has 1 aliphatic rings. The molecule has 0 unspecified atom stereocenters. The first-order chi connectivity index (χ1) is 12.7. The molecule has 1 amide bonds. The lowest BCUT2D eigenvalue weighted by Gasteiger charge is -2.25. The molecule has 2 aromatic carbocycles. The maximum atomic E-state index is 12.7. The van der Waals surface area contributed by atoms with Crippen molar-refractivity contribution in [2.75, 3.05) is 12.9 Å². The summed E-state index contributed by atoms with van der Waals surface area (Å²) in [5, 5.41) is 7.54. The minimum absolute atomic E-state index is 0.0334. The molecule has 6 heteroatoms. The maximum absolute atomic E-state index is 12.7. The third-order valence-corrected chi connectivity index (χ3v) is 5.55. The lowest BCUT2D eigenvalue weighted by atomic mass is 10.0. The van der Waals surface area contributed by atoms with Gasteiger partial charge in [0, 0.05) is 16.8 Å². The second-order valence-corrected chi connectivity index (χ2v) is 7.18. The Morgan fingerprint density at radius 3 is 2.81 bits per heavy atom. The smallest absolute Gasteiger partial charge is 0.272 e. The first-order valence-electron chi connectivity index (χ1n) is 8.47. The van der Waals surface area contributed by atoms with E-state index in [1.807, 2.05) is 48.2 Å². The number of benzene rings is 2. The Kier molecular flexibility index (Phi) is 4.67. The van der Waals surface area contributed by atoms with Crippen molar-refractivity contribution < 1.29 is 9.53 Å². The zero-order chi connectivity index (χ0) is 17.9. The lowest BCUT2D eigenvalue weighted by Crippen LogP contribution is -2.31. The molecule has 0 fully saturated rings. The van der Waals surface area contributed by atoms with Crippen LogP contribution in [0.25, 0.3) is 5.69 Å². The Hall–Kier alpha value is -2.73. The summed E-state index contributed by atoms with van der Waals surface area (Å²) in [5.41, 5.74) is 2.48. The van der Waals surface area contributed by atoms with Crippen LogP contribution in [0.15, 0.2) is 65.7 Å². The summed E-state index contributed by atoms with van der Waals surface area (Å²) in [4.78, 5) is 13.9. The van der Waals surface area contributed by atoms with Crippen LogP contribution in [0, 0.1) is 0 Å². The Bertz CT molecular complexity index is 921. The molecular formula is C20H19N3O2S. The van der Waals surface area contributed by atoms with Crippen LogP contribution in [0.1, 0.15) is 28.5 Å². The van der Waals surface area contributed by atoms with Crippen molar-refractivity contribution in [1.82, 2.24) is 15.1 Å². The summed E-state index contributed by atoms with van der Waals surface area (Å²) in [6.07, 6.45) is 2.72. The van der Waals surface area contributed by atoms with E-state index in [0.717, 1.165) is 23.6 Å². The number of rotatable bonds is 4. The number of methoxy groups -OCH3 is 1. The second kappa shape index (κ2) is 7.25. The van der Waals surface area contributed by atoms with Gasteiger partial charge in [0.2, 0.25) is 0 Å². The molecule has 132 valence electrons. The number of aromatic nitrogens is 2. The molecule has 0 saturated carbocycles. The number of nitrogens with zero attached hydrogens (tertiary/aromatic N) is 2. The van der Waals surface area contributed by atoms with Gasteiger partial charge in [0.1, 0.15) is 5.75 Å². The van der Waals surface area contributed by atoms with Gasteiger partial charge in [-0.2, -0.15) is 5.10 Å². The molecule has 26 heavy (non-hydrogen) atoms. The molecule has 1 aliphatic heterocycles. The van der Waals surface area contributed by atoms with Crippen molar-refractivity contribution in [3.63, 3.8) is 0 Å².